The van der Waals surface area contributed by atoms with Crippen LogP contribution in [-0.2, 0) is 5.75 Å². The van der Waals surface area contributed by atoms with E-state index in [1.54, 1.807) is 0 Å². The van der Waals surface area contributed by atoms with Crippen LogP contribution in [0, 0.1) is 0 Å². The second-order valence-electron chi connectivity index (χ2n) is 15.2. The lowest BCUT2D eigenvalue weighted by Crippen LogP contribution is -2.11. The Hall–Kier alpha value is -6.85. The van der Waals surface area contributed by atoms with E-state index >= 15 is 0 Å². The van der Waals surface area contributed by atoms with Crippen LogP contribution in [0.5, 0.6) is 0 Å². The third-order valence-corrected chi connectivity index (χ3v) is 14.1. The maximum absolute atomic E-state index is 2.49. The van der Waals surface area contributed by atoms with Crippen molar-refractivity contribution in [3.63, 3.8) is 0 Å². The molecule has 0 radical (unpaired) electrons. The molecule has 0 saturated heterocycles. The van der Waals surface area contributed by atoms with Gasteiger partial charge in [-0.3, -0.25) is 0 Å². The molecule has 0 amide bonds. The quantitative estimate of drug-likeness (QED) is 0.166. The highest BCUT2D eigenvalue weighted by molar-refractivity contribution is 7.98. The maximum atomic E-state index is 2.49. The van der Waals surface area contributed by atoms with Crippen LogP contribution in [0.3, 0.4) is 0 Å². The van der Waals surface area contributed by atoms with Gasteiger partial charge in [-0.2, -0.15) is 0 Å². The minimum absolute atomic E-state index is 0.970. The monoisotopic (exact) mass is 788 g/mol. The van der Waals surface area contributed by atoms with Crippen molar-refractivity contribution in [1.29, 1.82) is 0 Å². The molecule has 59 heavy (non-hydrogen) atoms. The molecule has 11 aromatic rings. The molecular weight excluding hydrogens is 753 g/mol. The lowest BCUT2D eigenvalue weighted by molar-refractivity contribution is 1.18. The minimum Gasteiger partial charge on any atom is -0.310 e. The van der Waals surface area contributed by atoms with Crippen molar-refractivity contribution in [2.24, 2.45) is 0 Å². The minimum atomic E-state index is 0.970. The lowest BCUT2D eigenvalue weighted by atomic mass is 9.90. The van der Waals surface area contributed by atoms with Gasteiger partial charge in [0, 0.05) is 58.7 Å². The van der Waals surface area contributed by atoms with E-state index in [-0.39, 0.29) is 0 Å². The summed E-state index contributed by atoms with van der Waals surface area (Å²) < 4.78 is 5.01. The summed E-state index contributed by atoms with van der Waals surface area (Å²) in [6.45, 7) is 0. The van der Waals surface area contributed by atoms with Crippen LogP contribution in [0.4, 0.5) is 17.1 Å². The standard InChI is InChI=1S/C55H36N2S2/c1-3-14-36(15-4-1)37-26-28-41(29-27-37)57-48-23-10-7-19-44(48)45-31-30-42(34-49(45)57)56(40-17-5-2-6-18-40)50-32-39(33-53-55(50)47-21-9-12-25-52(47)59-53)43-22-13-16-38-35-58-51-24-11-8-20-46(51)54(38)43/h1-34H,35H2. The lowest BCUT2D eigenvalue weighted by Gasteiger charge is -2.28. The fourth-order valence-electron chi connectivity index (χ4n) is 9.21. The van der Waals surface area contributed by atoms with Crippen molar-refractivity contribution in [3.8, 4) is 39.1 Å². The molecule has 2 aromatic heterocycles. The Balaban J connectivity index is 1.12. The van der Waals surface area contributed by atoms with Crippen molar-refractivity contribution in [2.75, 3.05) is 4.90 Å². The number of hydrogen-bond acceptors (Lipinski definition) is 3. The fraction of sp³-hybridized carbons (Fsp3) is 0.0182. The first-order valence-electron chi connectivity index (χ1n) is 20.1. The van der Waals surface area contributed by atoms with Crippen molar-refractivity contribution in [2.45, 2.75) is 10.6 Å². The molecule has 0 saturated carbocycles. The number of thioether (sulfide) groups is 1. The SMILES string of the molecule is c1ccc(-c2ccc(-n3c4ccccc4c4ccc(N(c5ccccc5)c5cc(-c6cccc7c6-c6ccccc6SC7)cc6sc7ccccc7c56)cc43)cc2)cc1. The van der Waals surface area contributed by atoms with E-state index in [0.29, 0.717) is 0 Å². The van der Waals surface area contributed by atoms with E-state index in [1.807, 2.05) is 23.1 Å². The molecule has 278 valence electrons. The summed E-state index contributed by atoms with van der Waals surface area (Å²) >= 11 is 3.82. The van der Waals surface area contributed by atoms with E-state index in [0.717, 1.165) is 22.8 Å². The van der Waals surface area contributed by atoms with Crippen molar-refractivity contribution in [3.05, 3.63) is 212 Å². The average Bonchev–Trinajstić information content (AvgIpc) is 3.85. The van der Waals surface area contributed by atoms with Gasteiger partial charge in [0.2, 0.25) is 0 Å². The molecule has 0 bridgehead atoms. The Morgan fingerprint density at radius 2 is 1.14 bits per heavy atom. The Kier molecular flexibility index (Phi) is 8.07. The summed E-state index contributed by atoms with van der Waals surface area (Å²) in [7, 11) is 0. The molecule has 9 aromatic carbocycles. The van der Waals surface area contributed by atoms with Crippen molar-refractivity contribution < 1.29 is 0 Å². The summed E-state index contributed by atoms with van der Waals surface area (Å²) in [5, 5.41) is 5.03. The van der Waals surface area contributed by atoms with Gasteiger partial charge in [0.25, 0.3) is 0 Å². The molecule has 0 fully saturated rings. The van der Waals surface area contributed by atoms with Crippen LogP contribution in [0.1, 0.15) is 5.56 Å². The normalized spacial score (nSPS) is 12.3. The van der Waals surface area contributed by atoms with Gasteiger partial charge in [0.1, 0.15) is 0 Å². The molecule has 2 nitrogen and oxygen atoms in total. The van der Waals surface area contributed by atoms with Gasteiger partial charge in [0.15, 0.2) is 0 Å². The number of para-hydroxylation sites is 2. The molecular formula is C55H36N2S2. The Morgan fingerprint density at radius 3 is 2.00 bits per heavy atom. The number of anilines is 3. The van der Waals surface area contributed by atoms with Crippen molar-refractivity contribution in [1.82, 2.24) is 4.57 Å². The second kappa shape index (κ2) is 13.9. The predicted octanol–water partition coefficient (Wildman–Crippen LogP) is 16.2. The average molecular weight is 789 g/mol. The highest BCUT2D eigenvalue weighted by atomic mass is 32.2. The highest BCUT2D eigenvalue weighted by Gasteiger charge is 2.25. The van der Waals surface area contributed by atoms with Crippen LogP contribution >= 0.6 is 23.1 Å². The number of thiophene rings is 1. The number of aromatic nitrogens is 1. The summed E-state index contributed by atoms with van der Waals surface area (Å²) in [6.07, 6.45) is 0. The Bertz CT molecular complexity index is 3380. The molecule has 0 N–H and O–H groups in total. The number of benzene rings is 9. The molecule has 0 aliphatic carbocycles. The zero-order valence-electron chi connectivity index (χ0n) is 32.0. The smallest absolute Gasteiger partial charge is 0.0561 e. The van der Waals surface area contributed by atoms with Gasteiger partial charge >= 0.3 is 0 Å². The highest BCUT2D eigenvalue weighted by Crippen LogP contribution is 2.51. The van der Waals surface area contributed by atoms with Gasteiger partial charge in [-0.1, -0.05) is 140 Å². The van der Waals surface area contributed by atoms with E-state index in [1.165, 1.54) is 91.5 Å². The number of nitrogens with zero attached hydrogens (tertiary/aromatic N) is 2. The predicted molar refractivity (Wildman–Crippen MR) is 254 cm³/mol. The second-order valence-corrected chi connectivity index (χ2v) is 17.3. The van der Waals surface area contributed by atoms with Gasteiger partial charge in [-0.25, -0.2) is 0 Å². The van der Waals surface area contributed by atoms with Crippen LogP contribution in [-0.4, -0.2) is 4.57 Å². The molecule has 1 aliphatic rings. The topological polar surface area (TPSA) is 8.17 Å². The third-order valence-electron chi connectivity index (χ3n) is 11.9. The van der Waals surface area contributed by atoms with Crippen molar-refractivity contribution >= 4 is 82.1 Å². The molecule has 0 unspecified atom stereocenters. The molecule has 0 spiro atoms. The summed E-state index contributed by atoms with van der Waals surface area (Å²) in [5.41, 5.74) is 15.9. The summed E-state index contributed by atoms with van der Waals surface area (Å²) in [5.74, 6) is 0.970. The van der Waals surface area contributed by atoms with Crippen LogP contribution in [0.15, 0.2) is 211 Å². The summed E-state index contributed by atoms with van der Waals surface area (Å²) in [6, 6.07) is 75.9. The van der Waals surface area contributed by atoms with Gasteiger partial charge < -0.3 is 9.47 Å². The van der Waals surface area contributed by atoms with Crippen LogP contribution < -0.4 is 4.90 Å². The van der Waals surface area contributed by atoms with E-state index in [4.69, 9.17) is 0 Å². The summed E-state index contributed by atoms with van der Waals surface area (Å²) in [4.78, 5) is 3.84. The molecule has 3 heterocycles. The fourth-order valence-corrected chi connectivity index (χ4v) is 11.4. The zero-order valence-corrected chi connectivity index (χ0v) is 33.7. The van der Waals surface area contributed by atoms with E-state index < -0.39 is 0 Å². The number of fused-ring (bicyclic) bond motifs is 9. The molecule has 12 rings (SSSR count). The maximum Gasteiger partial charge on any atom is 0.0561 e. The molecule has 0 atom stereocenters. The van der Waals surface area contributed by atoms with Gasteiger partial charge in [-0.15, -0.1) is 23.1 Å². The van der Waals surface area contributed by atoms with E-state index in [9.17, 15) is 0 Å². The Labute approximate surface area is 351 Å². The first-order chi connectivity index (χ1) is 29.3. The first kappa shape index (κ1) is 34.2. The molecule has 4 heteroatoms. The van der Waals surface area contributed by atoms with Crippen LogP contribution in [0.25, 0.3) is 81.0 Å². The van der Waals surface area contributed by atoms with E-state index in [2.05, 4.69) is 216 Å². The zero-order chi connectivity index (χ0) is 38.9. The van der Waals surface area contributed by atoms with Gasteiger partial charge in [0.05, 0.1) is 16.7 Å². The largest absolute Gasteiger partial charge is 0.310 e. The first-order valence-corrected chi connectivity index (χ1v) is 21.9. The number of hydrogen-bond donors (Lipinski definition) is 0. The van der Waals surface area contributed by atoms with Crippen LogP contribution in [0.2, 0.25) is 0 Å². The third kappa shape index (κ3) is 5.63. The Morgan fingerprint density at radius 1 is 0.441 bits per heavy atom. The van der Waals surface area contributed by atoms with Gasteiger partial charge in [-0.05, 0) is 106 Å². The molecule has 1 aliphatic heterocycles. The number of rotatable bonds is 6.